The highest BCUT2D eigenvalue weighted by molar-refractivity contribution is 6.10. The van der Waals surface area contributed by atoms with Crippen molar-refractivity contribution in [2.45, 2.75) is 0 Å². The van der Waals surface area contributed by atoms with Gasteiger partial charge in [-0.05, 0) is 18.2 Å². The van der Waals surface area contributed by atoms with Crippen molar-refractivity contribution < 1.29 is 28.2 Å². The molecule has 1 aromatic carbocycles. The second kappa shape index (κ2) is 5.66. The third-order valence-corrected chi connectivity index (χ3v) is 2.90. The summed E-state index contributed by atoms with van der Waals surface area (Å²) in [5, 5.41) is 0.321. The monoisotopic (exact) mass is 292 g/mol. The van der Waals surface area contributed by atoms with Crippen molar-refractivity contribution in [3.05, 3.63) is 39.9 Å². The van der Waals surface area contributed by atoms with Gasteiger partial charge in [0.1, 0.15) is 11.3 Å². The maximum atomic E-state index is 12.0. The minimum atomic E-state index is -0.940. The minimum absolute atomic E-state index is 0.0994. The van der Waals surface area contributed by atoms with E-state index >= 15 is 0 Å². The lowest BCUT2D eigenvalue weighted by molar-refractivity contribution is 0.0522. The molecule has 2 aromatic rings. The lowest BCUT2D eigenvalue weighted by Crippen LogP contribution is -2.17. The summed E-state index contributed by atoms with van der Waals surface area (Å²) in [6.45, 7) is 0. The summed E-state index contributed by atoms with van der Waals surface area (Å²) < 4.78 is 19.1. The predicted molar refractivity (Wildman–Crippen MR) is 71.7 cm³/mol. The first-order valence-corrected chi connectivity index (χ1v) is 5.85. The van der Waals surface area contributed by atoms with Crippen molar-refractivity contribution >= 4 is 22.7 Å². The van der Waals surface area contributed by atoms with E-state index in [2.05, 4.69) is 9.47 Å². The molecule has 21 heavy (non-hydrogen) atoms. The van der Waals surface area contributed by atoms with E-state index in [9.17, 15) is 14.4 Å². The summed E-state index contributed by atoms with van der Waals surface area (Å²) in [7, 11) is 3.71. The summed E-state index contributed by atoms with van der Waals surface area (Å²) in [6.07, 6.45) is 0. The van der Waals surface area contributed by atoms with Crippen molar-refractivity contribution in [2.75, 3.05) is 21.3 Å². The zero-order chi connectivity index (χ0) is 15.6. The zero-order valence-corrected chi connectivity index (χ0v) is 11.6. The number of hydrogen-bond donors (Lipinski definition) is 0. The molecule has 0 aliphatic rings. The zero-order valence-electron chi connectivity index (χ0n) is 11.6. The molecule has 0 bridgehead atoms. The molecule has 110 valence electrons. The highest BCUT2D eigenvalue weighted by Crippen LogP contribution is 2.25. The number of carbonyl (C=O) groups excluding carboxylic acids is 2. The molecular weight excluding hydrogens is 280 g/mol. The fraction of sp³-hybridized carbons (Fsp3) is 0.214. The molecule has 0 atom stereocenters. The van der Waals surface area contributed by atoms with Gasteiger partial charge >= 0.3 is 17.6 Å². The number of methoxy groups -OCH3 is 3. The summed E-state index contributed by atoms with van der Waals surface area (Å²) in [5.41, 5.74) is -0.946. The SMILES string of the molecule is COC(=O)c1oc(=O)c2cc(OC)ccc2c1C(=O)OC. The lowest BCUT2D eigenvalue weighted by atomic mass is 10.1. The van der Waals surface area contributed by atoms with Gasteiger partial charge in [0.2, 0.25) is 5.76 Å². The standard InChI is InChI=1S/C14H12O7/c1-18-7-4-5-8-9(6-7)12(15)21-11(14(17)20-3)10(8)13(16)19-2/h4-6H,1-3H3. The number of benzene rings is 1. The lowest BCUT2D eigenvalue weighted by Gasteiger charge is -2.09. The Morgan fingerprint density at radius 2 is 1.67 bits per heavy atom. The van der Waals surface area contributed by atoms with E-state index in [1.165, 1.54) is 19.2 Å². The number of rotatable bonds is 3. The van der Waals surface area contributed by atoms with E-state index in [0.717, 1.165) is 14.2 Å². The summed E-state index contributed by atoms with van der Waals surface area (Å²) in [4.78, 5) is 35.6. The third-order valence-electron chi connectivity index (χ3n) is 2.90. The van der Waals surface area contributed by atoms with Gasteiger partial charge in [-0.15, -0.1) is 0 Å². The molecule has 0 unspecified atom stereocenters. The fourth-order valence-corrected chi connectivity index (χ4v) is 1.90. The molecule has 7 nitrogen and oxygen atoms in total. The number of ether oxygens (including phenoxy) is 3. The maximum absolute atomic E-state index is 12.0. The fourth-order valence-electron chi connectivity index (χ4n) is 1.90. The van der Waals surface area contributed by atoms with Crippen LogP contribution in [-0.4, -0.2) is 33.3 Å². The minimum Gasteiger partial charge on any atom is -0.497 e. The number of hydrogen-bond acceptors (Lipinski definition) is 7. The van der Waals surface area contributed by atoms with Crippen LogP contribution in [0.3, 0.4) is 0 Å². The largest absolute Gasteiger partial charge is 0.497 e. The van der Waals surface area contributed by atoms with Gasteiger partial charge in [0, 0.05) is 5.39 Å². The Labute approximate surface area is 119 Å². The molecule has 0 saturated carbocycles. The Bertz CT molecular complexity index is 773. The number of fused-ring (bicyclic) bond motifs is 1. The van der Waals surface area contributed by atoms with Crippen LogP contribution in [0, 0.1) is 0 Å². The van der Waals surface area contributed by atoms with Crippen molar-refractivity contribution in [1.82, 2.24) is 0 Å². The van der Waals surface area contributed by atoms with E-state index in [1.54, 1.807) is 6.07 Å². The average Bonchev–Trinajstić information content (AvgIpc) is 2.52. The van der Waals surface area contributed by atoms with Gasteiger partial charge in [-0.3, -0.25) is 0 Å². The van der Waals surface area contributed by atoms with Crippen molar-refractivity contribution in [3.8, 4) is 5.75 Å². The highest BCUT2D eigenvalue weighted by atomic mass is 16.5. The Morgan fingerprint density at radius 3 is 2.24 bits per heavy atom. The second-order valence-electron chi connectivity index (χ2n) is 3.99. The summed E-state index contributed by atoms with van der Waals surface area (Å²) in [5.74, 6) is -1.83. The van der Waals surface area contributed by atoms with Crippen LogP contribution in [0.2, 0.25) is 0 Å². The van der Waals surface area contributed by atoms with Crippen LogP contribution < -0.4 is 10.4 Å². The summed E-state index contributed by atoms with van der Waals surface area (Å²) >= 11 is 0. The Balaban J connectivity index is 2.90. The first kappa shape index (κ1) is 14.6. The van der Waals surface area contributed by atoms with Crippen molar-refractivity contribution in [3.63, 3.8) is 0 Å². The molecule has 0 fully saturated rings. The molecule has 1 aromatic heterocycles. The van der Waals surface area contributed by atoms with Crippen LogP contribution in [0.1, 0.15) is 20.9 Å². The molecule has 0 aliphatic carbocycles. The summed E-state index contributed by atoms with van der Waals surface area (Å²) in [6, 6.07) is 4.44. The predicted octanol–water partition coefficient (Wildman–Crippen LogP) is 1.37. The van der Waals surface area contributed by atoms with Gasteiger partial charge in [-0.25, -0.2) is 14.4 Å². The molecular formula is C14H12O7. The van der Waals surface area contributed by atoms with Crippen LogP contribution in [0.5, 0.6) is 5.75 Å². The molecule has 0 saturated heterocycles. The van der Waals surface area contributed by atoms with Crippen molar-refractivity contribution in [2.24, 2.45) is 0 Å². The molecule has 2 rings (SSSR count). The van der Waals surface area contributed by atoms with Crippen LogP contribution in [0.4, 0.5) is 0 Å². The molecule has 1 heterocycles. The first-order chi connectivity index (χ1) is 10.0. The topological polar surface area (TPSA) is 92.0 Å². The van der Waals surface area contributed by atoms with Crippen molar-refractivity contribution in [1.29, 1.82) is 0 Å². The van der Waals surface area contributed by atoms with E-state index in [-0.39, 0.29) is 16.3 Å². The van der Waals surface area contributed by atoms with Crippen LogP contribution in [-0.2, 0) is 9.47 Å². The van der Waals surface area contributed by atoms with Gasteiger partial charge < -0.3 is 18.6 Å². The van der Waals surface area contributed by atoms with Crippen LogP contribution in [0.15, 0.2) is 27.4 Å². The Morgan fingerprint density at radius 1 is 1.00 bits per heavy atom. The quantitative estimate of drug-likeness (QED) is 0.789. The van der Waals surface area contributed by atoms with Gasteiger partial charge in [0.05, 0.1) is 26.7 Å². The van der Waals surface area contributed by atoms with Gasteiger partial charge in [0.15, 0.2) is 0 Å². The molecule has 0 radical (unpaired) electrons. The van der Waals surface area contributed by atoms with E-state index in [0.29, 0.717) is 5.75 Å². The molecule has 0 N–H and O–H groups in total. The molecule has 0 amide bonds. The molecule has 7 heteroatoms. The normalized spacial score (nSPS) is 10.2. The molecule has 0 spiro atoms. The smallest absolute Gasteiger partial charge is 0.375 e. The Kier molecular flexibility index (Phi) is 3.93. The van der Waals surface area contributed by atoms with E-state index < -0.39 is 23.3 Å². The first-order valence-electron chi connectivity index (χ1n) is 5.85. The Hall–Kier alpha value is -2.83. The van der Waals surface area contributed by atoms with Gasteiger partial charge in [-0.2, -0.15) is 0 Å². The molecule has 0 aliphatic heterocycles. The third kappa shape index (κ3) is 2.45. The maximum Gasteiger partial charge on any atom is 0.375 e. The van der Waals surface area contributed by atoms with E-state index in [1.807, 2.05) is 0 Å². The second-order valence-corrected chi connectivity index (χ2v) is 3.99. The van der Waals surface area contributed by atoms with Crippen LogP contribution in [0.25, 0.3) is 10.8 Å². The number of esters is 2. The van der Waals surface area contributed by atoms with Gasteiger partial charge in [0.25, 0.3) is 0 Å². The average molecular weight is 292 g/mol. The number of carbonyl (C=O) groups is 2. The van der Waals surface area contributed by atoms with Gasteiger partial charge in [-0.1, -0.05) is 0 Å². The van der Waals surface area contributed by atoms with E-state index in [4.69, 9.17) is 9.15 Å². The van der Waals surface area contributed by atoms with Crippen LogP contribution >= 0.6 is 0 Å². The highest BCUT2D eigenvalue weighted by Gasteiger charge is 2.26.